The summed E-state index contributed by atoms with van der Waals surface area (Å²) in [6.07, 6.45) is 5.92. The highest BCUT2D eigenvalue weighted by Crippen LogP contribution is 1.62. The Kier molecular flexibility index (Phi) is 4.41. The van der Waals surface area contributed by atoms with Crippen LogP contribution in [0.1, 0.15) is 6.92 Å². The number of aliphatic hydroxyl groups excluding tert-OH is 1. The lowest BCUT2D eigenvalue weighted by Crippen LogP contribution is -1.88. The van der Waals surface area contributed by atoms with E-state index in [1.807, 2.05) is 13.0 Å². The van der Waals surface area contributed by atoms with Crippen LogP contribution < -0.4 is 5.32 Å². The summed E-state index contributed by atoms with van der Waals surface area (Å²) in [5.74, 6) is 0. The second-order valence-electron chi connectivity index (χ2n) is 0.982. The molecule has 2 nitrogen and oxygen atoms in total. The van der Waals surface area contributed by atoms with E-state index in [4.69, 9.17) is 5.11 Å². The highest BCUT2D eigenvalue weighted by molar-refractivity contribution is 4.81. The molecule has 0 aliphatic rings. The minimum atomic E-state index is 0.944. The molecule has 0 amide bonds. The van der Waals surface area contributed by atoms with Crippen LogP contribution in [-0.2, 0) is 0 Å². The van der Waals surface area contributed by atoms with Gasteiger partial charge in [-0.2, -0.15) is 0 Å². The molecule has 0 rings (SSSR count). The third-order valence-corrected chi connectivity index (χ3v) is 0.434. The van der Waals surface area contributed by atoms with Crippen molar-refractivity contribution in [1.82, 2.24) is 5.32 Å². The molecule has 0 saturated heterocycles. The first kappa shape index (κ1) is 6.08. The molecular weight excluding hydrogens is 90.1 g/mol. The van der Waals surface area contributed by atoms with Gasteiger partial charge in [-0.1, -0.05) is 6.08 Å². The van der Waals surface area contributed by atoms with Crippen LogP contribution in [0.2, 0.25) is 0 Å². The van der Waals surface area contributed by atoms with Crippen molar-refractivity contribution in [2.45, 2.75) is 6.92 Å². The molecule has 0 bridgehead atoms. The van der Waals surface area contributed by atoms with Gasteiger partial charge in [0.15, 0.2) is 0 Å². The van der Waals surface area contributed by atoms with Gasteiger partial charge in [-0.25, -0.2) is 0 Å². The summed E-state index contributed by atoms with van der Waals surface area (Å²) in [6, 6.07) is 0. The van der Waals surface area contributed by atoms with Gasteiger partial charge in [0.2, 0.25) is 0 Å². The van der Waals surface area contributed by atoms with E-state index in [2.05, 4.69) is 5.32 Å². The van der Waals surface area contributed by atoms with Gasteiger partial charge in [-0.05, 0) is 13.1 Å². The van der Waals surface area contributed by atoms with Crippen molar-refractivity contribution in [2.75, 3.05) is 0 Å². The van der Waals surface area contributed by atoms with Crippen LogP contribution in [0.4, 0.5) is 0 Å². The number of rotatable bonds is 2. The first-order valence-electron chi connectivity index (χ1n) is 2.08. The van der Waals surface area contributed by atoms with Gasteiger partial charge >= 0.3 is 0 Å². The Morgan fingerprint density at radius 2 is 2.14 bits per heavy atom. The molecule has 0 aliphatic carbocycles. The first-order chi connectivity index (χ1) is 3.41. The van der Waals surface area contributed by atoms with Gasteiger partial charge in [-0.15, -0.1) is 0 Å². The fraction of sp³-hybridized carbons (Fsp3) is 0.200. The van der Waals surface area contributed by atoms with Crippen LogP contribution in [0, 0.1) is 0 Å². The van der Waals surface area contributed by atoms with Crippen molar-refractivity contribution < 1.29 is 5.11 Å². The van der Waals surface area contributed by atoms with E-state index in [9.17, 15) is 0 Å². The predicted octanol–water partition coefficient (Wildman–Crippen LogP) is 1.14. The highest BCUT2D eigenvalue weighted by atomic mass is 16.2. The molecule has 0 fully saturated rings. The first-order valence-corrected chi connectivity index (χ1v) is 2.08. The summed E-state index contributed by atoms with van der Waals surface area (Å²) in [7, 11) is 0. The maximum absolute atomic E-state index is 8.02. The summed E-state index contributed by atoms with van der Waals surface area (Å²) >= 11 is 0. The van der Waals surface area contributed by atoms with E-state index in [1.165, 1.54) is 6.20 Å². The van der Waals surface area contributed by atoms with Gasteiger partial charge in [0.05, 0.1) is 6.26 Å². The van der Waals surface area contributed by atoms with Gasteiger partial charge < -0.3 is 10.4 Å². The Hall–Kier alpha value is -0.920. The standard InChI is InChI=1S/C5H9NO/c1-2-3-6-4-5-7/h2-7H,1H3/b3-2-,5-4-. The average Bonchev–Trinajstić information content (AvgIpc) is 1.69. The molecule has 0 aromatic carbocycles. The second kappa shape index (κ2) is 5.08. The molecule has 0 aromatic rings. The van der Waals surface area contributed by atoms with E-state index >= 15 is 0 Å². The maximum Gasteiger partial charge on any atom is 0.0951 e. The van der Waals surface area contributed by atoms with Crippen molar-refractivity contribution in [3.8, 4) is 0 Å². The Balaban J connectivity index is 2.98. The van der Waals surface area contributed by atoms with Crippen molar-refractivity contribution in [2.24, 2.45) is 0 Å². The van der Waals surface area contributed by atoms with Gasteiger partial charge in [0.25, 0.3) is 0 Å². The lowest BCUT2D eigenvalue weighted by molar-refractivity contribution is 0.470. The second-order valence-corrected chi connectivity index (χ2v) is 0.982. The van der Waals surface area contributed by atoms with Crippen molar-refractivity contribution in [3.63, 3.8) is 0 Å². The fourth-order valence-electron chi connectivity index (χ4n) is 0.195. The quantitative estimate of drug-likeness (QED) is 0.509. The van der Waals surface area contributed by atoms with Crippen LogP contribution in [0.3, 0.4) is 0 Å². The summed E-state index contributed by atoms with van der Waals surface area (Å²) in [4.78, 5) is 0. The zero-order valence-electron chi connectivity index (χ0n) is 4.26. The monoisotopic (exact) mass is 99.1 g/mol. The molecule has 0 heterocycles. The molecule has 2 N–H and O–H groups in total. The molecule has 0 aromatic heterocycles. The molecule has 0 atom stereocenters. The number of nitrogens with one attached hydrogen (secondary N) is 1. The molecule has 0 unspecified atom stereocenters. The van der Waals surface area contributed by atoms with Crippen molar-refractivity contribution in [1.29, 1.82) is 0 Å². The van der Waals surface area contributed by atoms with Crippen LogP contribution in [0.25, 0.3) is 0 Å². The Bertz CT molecular complexity index is 66.1. The molecule has 0 spiro atoms. The number of hydrogen-bond donors (Lipinski definition) is 2. The van der Waals surface area contributed by atoms with E-state index in [1.54, 1.807) is 6.20 Å². The van der Waals surface area contributed by atoms with E-state index in [0.29, 0.717) is 0 Å². The number of hydrogen-bond acceptors (Lipinski definition) is 2. The third-order valence-electron chi connectivity index (χ3n) is 0.434. The van der Waals surface area contributed by atoms with Crippen molar-refractivity contribution in [3.05, 3.63) is 24.7 Å². The van der Waals surface area contributed by atoms with Gasteiger partial charge in [0.1, 0.15) is 0 Å². The van der Waals surface area contributed by atoms with Crippen LogP contribution in [0.5, 0.6) is 0 Å². The lowest BCUT2D eigenvalue weighted by Gasteiger charge is -1.81. The topological polar surface area (TPSA) is 32.3 Å². The zero-order valence-corrected chi connectivity index (χ0v) is 4.26. The normalized spacial score (nSPS) is 11.0. The van der Waals surface area contributed by atoms with Crippen LogP contribution >= 0.6 is 0 Å². The fourth-order valence-corrected chi connectivity index (χ4v) is 0.195. The van der Waals surface area contributed by atoms with Crippen LogP contribution in [0.15, 0.2) is 24.7 Å². The maximum atomic E-state index is 8.02. The Morgan fingerprint density at radius 3 is 2.57 bits per heavy atom. The smallest absolute Gasteiger partial charge is 0.0951 e. The van der Waals surface area contributed by atoms with E-state index in [-0.39, 0.29) is 0 Å². The third kappa shape index (κ3) is 5.08. The molecule has 0 saturated carbocycles. The summed E-state index contributed by atoms with van der Waals surface area (Å²) < 4.78 is 0. The van der Waals surface area contributed by atoms with E-state index in [0.717, 1.165) is 6.26 Å². The van der Waals surface area contributed by atoms with Crippen LogP contribution in [-0.4, -0.2) is 5.11 Å². The van der Waals surface area contributed by atoms with E-state index < -0.39 is 0 Å². The summed E-state index contributed by atoms with van der Waals surface area (Å²) in [5, 5.41) is 10.7. The number of aliphatic hydroxyl groups is 1. The summed E-state index contributed by atoms with van der Waals surface area (Å²) in [5.41, 5.74) is 0. The predicted molar refractivity (Wildman–Crippen MR) is 29.7 cm³/mol. The minimum absolute atomic E-state index is 0.944. The molecule has 0 radical (unpaired) electrons. The highest BCUT2D eigenvalue weighted by Gasteiger charge is 1.56. The lowest BCUT2D eigenvalue weighted by atomic mass is 10.7. The molecule has 40 valence electrons. The largest absolute Gasteiger partial charge is 0.514 e. The van der Waals surface area contributed by atoms with Crippen molar-refractivity contribution >= 4 is 0 Å². The van der Waals surface area contributed by atoms with Gasteiger partial charge in [-0.3, -0.25) is 0 Å². The zero-order chi connectivity index (χ0) is 5.54. The molecule has 7 heavy (non-hydrogen) atoms. The Morgan fingerprint density at radius 1 is 1.43 bits per heavy atom. The average molecular weight is 99.1 g/mol. The van der Waals surface area contributed by atoms with Gasteiger partial charge in [0, 0.05) is 6.20 Å². The molecular formula is C5H9NO. The SMILES string of the molecule is C/C=C\N/C=C\O. The Labute approximate surface area is 43.2 Å². The number of allylic oxidation sites excluding steroid dienone is 1. The summed E-state index contributed by atoms with van der Waals surface area (Å²) in [6.45, 7) is 1.89. The minimum Gasteiger partial charge on any atom is -0.514 e. The molecule has 2 heteroatoms. The molecule has 0 aliphatic heterocycles.